The first-order valence-corrected chi connectivity index (χ1v) is 13.3. The minimum absolute atomic E-state index is 0.104. The summed E-state index contributed by atoms with van der Waals surface area (Å²) in [6.07, 6.45) is -3.43. The number of halogens is 6. The number of carbonyl (C=O) groups is 1. The zero-order chi connectivity index (χ0) is 27.6. The average Bonchev–Trinajstić information content (AvgIpc) is 2.89. The van der Waals surface area contributed by atoms with Crippen molar-refractivity contribution in [1.82, 2.24) is 10.2 Å². The van der Waals surface area contributed by atoms with Crippen molar-refractivity contribution in [2.45, 2.75) is 75.7 Å². The monoisotopic (exact) mass is 540 g/mol. The molecule has 1 amide bonds. The first-order chi connectivity index (χ1) is 17.9. The number of rotatable bonds is 6. The lowest BCUT2D eigenvalue weighted by molar-refractivity contribution is -0.143. The largest absolute Gasteiger partial charge is 0.416 e. The second-order valence-corrected chi connectivity index (χ2v) is 10.8. The minimum atomic E-state index is -4.95. The van der Waals surface area contributed by atoms with Crippen molar-refractivity contribution in [3.63, 3.8) is 0 Å². The third kappa shape index (κ3) is 6.53. The van der Waals surface area contributed by atoms with Gasteiger partial charge in [-0.1, -0.05) is 36.8 Å². The number of amides is 1. The van der Waals surface area contributed by atoms with E-state index in [0.717, 1.165) is 38.0 Å². The molecule has 1 aliphatic carbocycles. The number of nitrogens with zero attached hydrogens (tertiary/aromatic N) is 1. The van der Waals surface area contributed by atoms with Gasteiger partial charge in [0, 0.05) is 6.54 Å². The van der Waals surface area contributed by atoms with Gasteiger partial charge in [-0.15, -0.1) is 0 Å². The Hall–Kier alpha value is -2.55. The van der Waals surface area contributed by atoms with Gasteiger partial charge in [0.2, 0.25) is 5.91 Å². The number of piperidine rings is 1. The van der Waals surface area contributed by atoms with Gasteiger partial charge in [0.05, 0.1) is 22.6 Å². The van der Waals surface area contributed by atoms with E-state index < -0.39 is 34.9 Å². The summed E-state index contributed by atoms with van der Waals surface area (Å²) >= 11 is 0. The van der Waals surface area contributed by atoms with Crippen LogP contribution in [0.1, 0.15) is 80.2 Å². The van der Waals surface area contributed by atoms with Gasteiger partial charge >= 0.3 is 12.4 Å². The third-order valence-corrected chi connectivity index (χ3v) is 8.14. The molecule has 0 bridgehead atoms. The van der Waals surface area contributed by atoms with Crippen molar-refractivity contribution in [3.05, 3.63) is 70.8 Å². The van der Waals surface area contributed by atoms with Crippen LogP contribution in [0.25, 0.3) is 0 Å². The van der Waals surface area contributed by atoms with Crippen LogP contribution in [0.15, 0.2) is 48.5 Å². The molecule has 1 unspecified atom stereocenters. The third-order valence-electron chi connectivity index (χ3n) is 8.14. The molecule has 0 aromatic heterocycles. The van der Waals surface area contributed by atoms with Crippen LogP contribution in [-0.2, 0) is 22.6 Å². The molecular weight excluding hydrogens is 506 g/mol. The van der Waals surface area contributed by atoms with E-state index in [-0.39, 0.29) is 17.5 Å². The summed E-state index contributed by atoms with van der Waals surface area (Å²) in [4.78, 5) is 16.3. The van der Waals surface area contributed by atoms with E-state index in [0.29, 0.717) is 30.9 Å². The number of benzene rings is 2. The maximum atomic E-state index is 13.8. The Morgan fingerprint density at radius 1 is 0.921 bits per heavy atom. The van der Waals surface area contributed by atoms with E-state index in [1.54, 1.807) is 0 Å². The fourth-order valence-electron chi connectivity index (χ4n) is 5.91. The Kier molecular flexibility index (Phi) is 8.45. The molecule has 2 aliphatic rings. The Morgan fingerprint density at radius 2 is 1.47 bits per heavy atom. The highest BCUT2D eigenvalue weighted by molar-refractivity contribution is 5.88. The van der Waals surface area contributed by atoms with Gasteiger partial charge < -0.3 is 10.2 Å². The SMILES string of the molecule is CC(NC(=O)C1(c2ccccc2)CCC(CN2CCCCC2)CC1)c1cc(C(F)(F)F)cc(C(F)(F)F)c1. The quantitative estimate of drug-likeness (QED) is 0.385. The molecule has 1 N–H and O–H groups in total. The molecule has 0 spiro atoms. The molecule has 1 saturated heterocycles. The van der Waals surface area contributed by atoms with Gasteiger partial charge in [0.1, 0.15) is 0 Å². The summed E-state index contributed by atoms with van der Waals surface area (Å²) in [6, 6.07) is 9.72. The maximum absolute atomic E-state index is 13.8. The van der Waals surface area contributed by atoms with Crippen molar-refractivity contribution in [2.75, 3.05) is 19.6 Å². The zero-order valence-corrected chi connectivity index (χ0v) is 21.5. The van der Waals surface area contributed by atoms with Crippen LogP contribution in [-0.4, -0.2) is 30.4 Å². The van der Waals surface area contributed by atoms with Crippen LogP contribution >= 0.6 is 0 Å². The van der Waals surface area contributed by atoms with Crippen molar-refractivity contribution in [1.29, 1.82) is 0 Å². The van der Waals surface area contributed by atoms with E-state index in [4.69, 9.17) is 0 Å². The molecule has 4 rings (SSSR count). The van der Waals surface area contributed by atoms with Crippen LogP contribution in [0.2, 0.25) is 0 Å². The Bertz CT molecular complexity index is 1050. The Labute approximate surface area is 219 Å². The fraction of sp³-hybridized carbons (Fsp3) is 0.552. The second-order valence-electron chi connectivity index (χ2n) is 10.8. The summed E-state index contributed by atoms with van der Waals surface area (Å²) in [6.45, 7) is 4.60. The van der Waals surface area contributed by atoms with E-state index in [9.17, 15) is 31.1 Å². The molecule has 208 valence electrons. The molecule has 38 heavy (non-hydrogen) atoms. The second kappa shape index (κ2) is 11.3. The minimum Gasteiger partial charge on any atom is -0.349 e. The van der Waals surface area contributed by atoms with Gasteiger partial charge in [0.25, 0.3) is 0 Å². The zero-order valence-electron chi connectivity index (χ0n) is 21.5. The number of nitrogens with one attached hydrogen (secondary N) is 1. The summed E-state index contributed by atoms with van der Waals surface area (Å²) in [7, 11) is 0. The molecule has 1 saturated carbocycles. The lowest BCUT2D eigenvalue weighted by Gasteiger charge is -2.41. The number of alkyl halides is 6. The lowest BCUT2D eigenvalue weighted by Crippen LogP contribution is -2.48. The van der Waals surface area contributed by atoms with Crippen LogP contribution in [0.4, 0.5) is 26.3 Å². The summed E-state index contributed by atoms with van der Waals surface area (Å²) < 4.78 is 80.3. The Morgan fingerprint density at radius 3 is 2.00 bits per heavy atom. The first kappa shape index (κ1) is 28.5. The van der Waals surface area contributed by atoms with Crippen molar-refractivity contribution >= 4 is 5.91 Å². The van der Waals surface area contributed by atoms with Crippen molar-refractivity contribution in [3.8, 4) is 0 Å². The van der Waals surface area contributed by atoms with Crippen LogP contribution in [0.5, 0.6) is 0 Å². The van der Waals surface area contributed by atoms with E-state index in [2.05, 4.69) is 10.2 Å². The highest BCUT2D eigenvalue weighted by Gasteiger charge is 2.44. The van der Waals surface area contributed by atoms with E-state index >= 15 is 0 Å². The predicted molar refractivity (Wildman–Crippen MR) is 133 cm³/mol. The smallest absolute Gasteiger partial charge is 0.349 e. The highest BCUT2D eigenvalue weighted by atomic mass is 19.4. The standard InChI is InChI=1S/C29H34F6N2O/c1-20(22-16-24(28(30,31)32)18-25(17-22)29(33,34)35)36-26(38)27(23-8-4-2-5-9-23)12-10-21(11-13-27)19-37-14-6-3-7-15-37/h2,4-5,8-9,16-18,20-21H,3,6-7,10-15,19H2,1H3,(H,36,38). The van der Waals surface area contributed by atoms with E-state index in [1.807, 2.05) is 30.3 Å². The van der Waals surface area contributed by atoms with Gasteiger partial charge in [-0.3, -0.25) is 4.79 Å². The maximum Gasteiger partial charge on any atom is 0.416 e. The lowest BCUT2D eigenvalue weighted by atomic mass is 9.65. The molecular formula is C29H34F6N2O. The summed E-state index contributed by atoms with van der Waals surface area (Å²) in [5.41, 5.74) is -3.08. The number of likely N-dealkylation sites (tertiary alicyclic amines) is 1. The molecule has 1 atom stereocenters. The molecule has 2 aromatic rings. The van der Waals surface area contributed by atoms with Gasteiger partial charge in [-0.05, 0) is 93.8 Å². The number of hydrogen-bond donors (Lipinski definition) is 1. The van der Waals surface area contributed by atoms with Gasteiger partial charge in [0.15, 0.2) is 0 Å². The van der Waals surface area contributed by atoms with Gasteiger partial charge in [-0.25, -0.2) is 0 Å². The molecule has 1 aliphatic heterocycles. The van der Waals surface area contributed by atoms with Crippen LogP contribution in [0.3, 0.4) is 0 Å². The first-order valence-electron chi connectivity index (χ1n) is 13.3. The highest BCUT2D eigenvalue weighted by Crippen LogP contribution is 2.43. The summed E-state index contributed by atoms with van der Waals surface area (Å²) in [5.74, 6) is 0.0894. The molecule has 2 fully saturated rings. The average molecular weight is 541 g/mol. The van der Waals surface area contributed by atoms with Crippen molar-refractivity contribution in [2.24, 2.45) is 5.92 Å². The summed E-state index contributed by atoms with van der Waals surface area (Å²) in [5, 5.41) is 2.77. The molecule has 9 heteroatoms. The van der Waals surface area contributed by atoms with Crippen LogP contribution in [0, 0.1) is 5.92 Å². The fourth-order valence-corrected chi connectivity index (χ4v) is 5.91. The van der Waals surface area contributed by atoms with E-state index in [1.165, 1.54) is 26.2 Å². The molecule has 1 heterocycles. The normalized spacial score (nSPS) is 24.1. The number of carbonyl (C=O) groups excluding carboxylic acids is 1. The topological polar surface area (TPSA) is 32.3 Å². The van der Waals surface area contributed by atoms with Crippen LogP contribution < -0.4 is 5.32 Å². The Balaban J connectivity index is 1.56. The molecule has 0 radical (unpaired) electrons. The number of hydrogen-bond acceptors (Lipinski definition) is 2. The van der Waals surface area contributed by atoms with Gasteiger partial charge in [-0.2, -0.15) is 26.3 Å². The molecule has 2 aromatic carbocycles. The predicted octanol–water partition coefficient (Wildman–Crippen LogP) is 7.52. The molecule has 3 nitrogen and oxygen atoms in total. The van der Waals surface area contributed by atoms with Crippen molar-refractivity contribution < 1.29 is 31.1 Å².